The fourth-order valence-corrected chi connectivity index (χ4v) is 4.41. The Kier molecular flexibility index (Phi) is 5.10. The molecule has 1 aromatic heterocycles. The van der Waals surface area contributed by atoms with Crippen LogP contribution in [0.25, 0.3) is 11.0 Å². The number of hydrogen-bond acceptors (Lipinski definition) is 4. The number of amides is 1. The fraction of sp³-hybridized carbons (Fsp3) is 0.529. The first-order valence-electron chi connectivity index (χ1n) is 8.70. The highest BCUT2D eigenvalue weighted by atomic mass is 32.2. The van der Waals surface area contributed by atoms with Gasteiger partial charge in [-0.1, -0.05) is 12.1 Å². The molecule has 1 N–H and O–H groups in total. The Morgan fingerprint density at radius 1 is 1.24 bits per heavy atom. The van der Waals surface area contributed by atoms with E-state index in [4.69, 9.17) is 0 Å². The second kappa shape index (κ2) is 7.13. The number of fused-ring (bicyclic) bond motifs is 1. The van der Waals surface area contributed by atoms with Crippen LogP contribution >= 0.6 is 0 Å². The van der Waals surface area contributed by atoms with E-state index in [0.29, 0.717) is 38.4 Å². The van der Waals surface area contributed by atoms with Crippen LogP contribution in [0.5, 0.6) is 0 Å². The van der Waals surface area contributed by atoms with Crippen molar-refractivity contribution in [3.05, 3.63) is 24.3 Å². The van der Waals surface area contributed by atoms with Crippen LogP contribution in [-0.2, 0) is 21.4 Å². The molecule has 2 heterocycles. The number of sulfonamides is 1. The van der Waals surface area contributed by atoms with Gasteiger partial charge in [-0.25, -0.2) is 17.7 Å². The molecule has 25 heavy (non-hydrogen) atoms. The summed E-state index contributed by atoms with van der Waals surface area (Å²) in [6, 6.07) is 7.78. The highest BCUT2D eigenvalue weighted by Gasteiger charge is 2.30. The lowest BCUT2D eigenvalue weighted by Gasteiger charge is -2.30. The Labute approximate surface area is 148 Å². The predicted octanol–water partition coefficient (Wildman–Crippen LogP) is 2.06. The van der Waals surface area contributed by atoms with Crippen molar-refractivity contribution in [1.29, 1.82) is 0 Å². The molecule has 0 atom stereocenters. The molecule has 0 spiro atoms. The number of nitrogens with zero attached hydrogens (tertiary/aromatic N) is 3. The van der Waals surface area contributed by atoms with Crippen molar-refractivity contribution < 1.29 is 13.2 Å². The van der Waals surface area contributed by atoms with Gasteiger partial charge in [-0.3, -0.25) is 10.1 Å². The van der Waals surface area contributed by atoms with Gasteiger partial charge >= 0.3 is 0 Å². The molecule has 2 aromatic rings. The molecule has 1 aliphatic rings. The lowest BCUT2D eigenvalue weighted by Crippen LogP contribution is -2.42. The van der Waals surface area contributed by atoms with Crippen molar-refractivity contribution >= 4 is 32.9 Å². The van der Waals surface area contributed by atoms with Crippen LogP contribution in [0.4, 0.5) is 5.95 Å². The number of carbonyl (C=O) groups excluding carboxylic acids is 1. The van der Waals surface area contributed by atoms with Gasteiger partial charge in [0, 0.05) is 25.6 Å². The zero-order valence-electron chi connectivity index (χ0n) is 14.6. The van der Waals surface area contributed by atoms with Crippen LogP contribution in [0.3, 0.4) is 0 Å². The van der Waals surface area contributed by atoms with E-state index >= 15 is 0 Å². The number of hydrogen-bond donors (Lipinski definition) is 1. The smallest absolute Gasteiger partial charge is 0.229 e. The van der Waals surface area contributed by atoms with E-state index in [2.05, 4.69) is 10.3 Å². The monoisotopic (exact) mass is 364 g/mol. The van der Waals surface area contributed by atoms with E-state index in [1.807, 2.05) is 35.8 Å². The van der Waals surface area contributed by atoms with Gasteiger partial charge in [0.2, 0.25) is 21.9 Å². The fourth-order valence-electron chi connectivity index (χ4n) is 3.28. The largest absolute Gasteiger partial charge is 0.310 e. The molecule has 8 heteroatoms. The van der Waals surface area contributed by atoms with Crippen molar-refractivity contribution in [2.45, 2.75) is 33.2 Å². The van der Waals surface area contributed by atoms with Gasteiger partial charge in [0.25, 0.3) is 0 Å². The highest BCUT2D eigenvalue weighted by molar-refractivity contribution is 7.89. The lowest BCUT2D eigenvalue weighted by atomic mass is 9.97. The summed E-state index contributed by atoms with van der Waals surface area (Å²) >= 11 is 0. The molecule has 0 radical (unpaired) electrons. The summed E-state index contributed by atoms with van der Waals surface area (Å²) in [5.41, 5.74) is 1.84. The molecule has 136 valence electrons. The van der Waals surface area contributed by atoms with E-state index in [-0.39, 0.29) is 17.6 Å². The maximum absolute atomic E-state index is 12.6. The first-order valence-corrected chi connectivity index (χ1v) is 10.3. The first kappa shape index (κ1) is 17.9. The number of aryl methyl sites for hydroxylation is 1. The Morgan fingerprint density at radius 3 is 2.56 bits per heavy atom. The summed E-state index contributed by atoms with van der Waals surface area (Å²) in [6.07, 6.45) is 1.08. The molecule has 3 rings (SSSR count). The van der Waals surface area contributed by atoms with Crippen LogP contribution in [0.2, 0.25) is 0 Å². The zero-order valence-corrected chi connectivity index (χ0v) is 15.4. The molecule has 0 aliphatic carbocycles. The molecule has 1 amide bonds. The summed E-state index contributed by atoms with van der Waals surface area (Å²) in [5.74, 6) is 0.383. The van der Waals surface area contributed by atoms with Gasteiger partial charge in [0.05, 0.1) is 16.8 Å². The number of rotatable bonds is 5. The minimum Gasteiger partial charge on any atom is -0.310 e. The van der Waals surface area contributed by atoms with Crippen LogP contribution in [-0.4, -0.2) is 47.0 Å². The van der Waals surface area contributed by atoms with E-state index in [9.17, 15) is 13.2 Å². The second-order valence-electron chi connectivity index (χ2n) is 6.23. The van der Waals surface area contributed by atoms with Crippen molar-refractivity contribution in [3.8, 4) is 0 Å². The molecule has 1 aromatic carbocycles. The summed E-state index contributed by atoms with van der Waals surface area (Å²) in [4.78, 5) is 17.1. The van der Waals surface area contributed by atoms with E-state index in [1.54, 1.807) is 6.92 Å². The third-order valence-corrected chi connectivity index (χ3v) is 6.67. The lowest BCUT2D eigenvalue weighted by molar-refractivity contribution is -0.121. The standard InChI is InChI=1S/C17H24N4O3S/c1-3-21-15-8-6-5-7-14(15)18-17(21)19-16(22)13-9-11-20(12-10-13)25(23,24)4-2/h5-8,13H,3-4,9-12H2,1-2H3,(H,18,19,22). The molecule has 0 saturated carbocycles. The second-order valence-corrected chi connectivity index (χ2v) is 8.49. The zero-order chi connectivity index (χ0) is 18.0. The normalized spacial score (nSPS) is 17.0. The molecular formula is C17H24N4O3S. The van der Waals surface area contributed by atoms with Gasteiger partial charge in [0.1, 0.15) is 0 Å². The highest BCUT2D eigenvalue weighted by Crippen LogP contribution is 2.23. The minimum atomic E-state index is -3.17. The summed E-state index contributed by atoms with van der Waals surface area (Å²) in [5, 5.41) is 2.93. The van der Waals surface area contributed by atoms with Gasteiger partial charge in [-0.2, -0.15) is 0 Å². The van der Waals surface area contributed by atoms with E-state index in [0.717, 1.165) is 11.0 Å². The Bertz CT molecular complexity index is 867. The summed E-state index contributed by atoms with van der Waals surface area (Å²) in [7, 11) is -3.17. The van der Waals surface area contributed by atoms with Crippen LogP contribution in [0.15, 0.2) is 24.3 Å². The number of benzene rings is 1. The molecular weight excluding hydrogens is 340 g/mol. The van der Waals surface area contributed by atoms with Gasteiger partial charge in [-0.05, 0) is 38.8 Å². The van der Waals surface area contributed by atoms with Gasteiger partial charge in [0.15, 0.2) is 0 Å². The van der Waals surface area contributed by atoms with Gasteiger partial charge in [-0.15, -0.1) is 0 Å². The predicted molar refractivity (Wildman–Crippen MR) is 97.8 cm³/mol. The molecule has 0 bridgehead atoms. The summed E-state index contributed by atoms with van der Waals surface area (Å²) in [6.45, 7) is 5.17. The Balaban J connectivity index is 1.70. The average Bonchev–Trinajstić information content (AvgIpc) is 2.98. The quantitative estimate of drug-likeness (QED) is 0.880. The number of carbonyl (C=O) groups is 1. The van der Waals surface area contributed by atoms with Crippen molar-refractivity contribution in [2.75, 3.05) is 24.2 Å². The maximum atomic E-state index is 12.6. The molecule has 0 unspecified atom stereocenters. The van der Waals surface area contributed by atoms with E-state index < -0.39 is 10.0 Å². The first-order chi connectivity index (χ1) is 12.0. The molecule has 7 nitrogen and oxygen atoms in total. The minimum absolute atomic E-state index is 0.0847. The van der Waals surface area contributed by atoms with Gasteiger partial charge < -0.3 is 4.57 Å². The summed E-state index contributed by atoms with van der Waals surface area (Å²) < 4.78 is 27.3. The Hall–Kier alpha value is -1.93. The number of imidazole rings is 1. The molecule has 1 aliphatic heterocycles. The number of anilines is 1. The average molecular weight is 364 g/mol. The maximum Gasteiger partial charge on any atom is 0.229 e. The molecule has 1 fully saturated rings. The number of nitrogens with one attached hydrogen (secondary N) is 1. The molecule has 1 saturated heterocycles. The van der Waals surface area contributed by atoms with Crippen molar-refractivity contribution in [3.63, 3.8) is 0 Å². The van der Waals surface area contributed by atoms with Crippen molar-refractivity contribution in [1.82, 2.24) is 13.9 Å². The number of para-hydroxylation sites is 2. The van der Waals surface area contributed by atoms with Crippen molar-refractivity contribution in [2.24, 2.45) is 5.92 Å². The number of aromatic nitrogens is 2. The topological polar surface area (TPSA) is 84.3 Å². The Morgan fingerprint density at radius 2 is 1.92 bits per heavy atom. The van der Waals surface area contributed by atoms with Crippen LogP contribution < -0.4 is 5.32 Å². The third kappa shape index (κ3) is 3.55. The third-order valence-electron chi connectivity index (χ3n) is 4.79. The van der Waals surface area contributed by atoms with Crippen LogP contribution in [0, 0.1) is 5.92 Å². The van der Waals surface area contributed by atoms with Crippen LogP contribution in [0.1, 0.15) is 26.7 Å². The number of piperidine rings is 1. The SMILES string of the molecule is CCn1c(NC(=O)C2CCN(S(=O)(=O)CC)CC2)nc2ccccc21. The van der Waals surface area contributed by atoms with E-state index in [1.165, 1.54) is 4.31 Å².